The number of benzene rings is 1. The Morgan fingerprint density at radius 2 is 2.20 bits per heavy atom. The molecule has 1 saturated heterocycles. The predicted octanol–water partition coefficient (Wildman–Crippen LogP) is 2.71. The first-order valence-electron chi connectivity index (χ1n) is 6.97. The lowest BCUT2D eigenvalue weighted by Crippen LogP contribution is -2.30. The Bertz CT molecular complexity index is 657. The number of aromatic carboxylic acids is 1. The van der Waals surface area contributed by atoms with Gasteiger partial charge in [0.05, 0.1) is 5.52 Å². The van der Waals surface area contributed by atoms with Gasteiger partial charge in [0.1, 0.15) is 5.82 Å². The van der Waals surface area contributed by atoms with Crippen LogP contribution < -0.4 is 4.90 Å². The van der Waals surface area contributed by atoms with Crippen molar-refractivity contribution in [1.82, 2.24) is 9.97 Å². The van der Waals surface area contributed by atoms with E-state index < -0.39 is 5.97 Å². The summed E-state index contributed by atoms with van der Waals surface area (Å²) >= 11 is 0. The summed E-state index contributed by atoms with van der Waals surface area (Å²) in [4.78, 5) is 21.9. The molecule has 3 rings (SSSR count). The number of rotatable bonds is 3. The van der Waals surface area contributed by atoms with E-state index in [1.807, 2.05) is 24.3 Å². The number of aromatic nitrogens is 2. The maximum atomic E-state index is 11.2. The zero-order valence-electron chi connectivity index (χ0n) is 11.4. The molecule has 1 aliphatic heterocycles. The normalized spacial score (nSPS) is 18.6. The van der Waals surface area contributed by atoms with Crippen molar-refractivity contribution in [2.24, 2.45) is 0 Å². The van der Waals surface area contributed by atoms with E-state index in [9.17, 15) is 9.90 Å². The van der Waals surface area contributed by atoms with Gasteiger partial charge >= 0.3 is 5.97 Å². The van der Waals surface area contributed by atoms with E-state index in [-0.39, 0.29) is 5.82 Å². The number of carbonyl (C=O) groups is 1. The summed E-state index contributed by atoms with van der Waals surface area (Å²) in [5.74, 6) is -0.443. The van der Waals surface area contributed by atoms with Gasteiger partial charge in [-0.3, -0.25) is 0 Å². The summed E-state index contributed by atoms with van der Waals surface area (Å²) in [6.07, 6.45) is 3.30. The second-order valence-electron chi connectivity index (χ2n) is 5.09. The first kappa shape index (κ1) is 12.8. The lowest BCUT2D eigenvalue weighted by Gasteiger charge is -2.26. The Kier molecular flexibility index (Phi) is 3.26. The topological polar surface area (TPSA) is 66.3 Å². The molecule has 0 spiro atoms. The number of nitrogens with zero attached hydrogens (tertiary/aromatic N) is 3. The minimum atomic E-state index is -1.08. The maximum Gasteiger partial charge on any atom is 0.374 e. The molecule has 0 radical (unpaired) electrons. The molecule has 0 bridgehead atoms. The summed E-state index contributed by atoms with van der Waals surface area (Å²) in [5, 5.41) is 10.1. The molecular formula is C15H17N3O2. The molecular weight excluding hydrogens is 254 g/mol. The van der Waals surface area contributed by atoms with Crippen LogP contribution in [0.5, 0.6) is 0 Å². The Morgan fingerprint density at radius 3 is 2.95 bits per heavy atom. The number of carboxylic acid groups (broad SMARTS) is 1. The van der Waals surface area contributed by atoms with Gasteiger partial charge < -0.3 is 10.0 Å². The van der Waals surface area contributed by atoms with Crippen LogP contribution in [-0.2, 0) is 0 Å². The summed E-state index contributed by atoms with van der Waals surface area (Å²) in [6, 6.07) is 8.04. The molecule has 5 heteroatoms. The smallest absolute Gasteiger partial charge is 0.374 e. The fourth-order valence-electron chi connectivity index (χ4n) is 2.91. The largest absolute Gasteiger partial charge is 0.475 e. The second kappa shape index (κ2) is 5.07. The first-order valence-corrected chi connectivity index (χ1v) is 6.97. The van der Waals surface area contributed by atoms with E-state index >= 15 is 0 Å². The number of para-hydroxylation sites is 1. The van der Waals surface area contributed by atoms with Gasteiger partial charge in [-0.05, 0) is 31.4 Å². The van der Waals surface area contributed by atoms with Crippen molar-refractivity contribution >= 4 is 22.7 Å². The highest BCUT2D eigenvalue weighted by Gasteiger charge is 2.26. The van der Waals surface area contributed by atoms with E-state index in [1.165, 1.54) is 0 Å². The molecule has 2 aromatic rings. The average molecular weight is 271 g/mol. The van der Waals surface area contributed by atoms with E-state index in [0.29, 0.717) is 11.6 Å². The quantitative estimate of drug-likeness (QED) is 0.929. The molecule has 5 nitrogen and oxygen atoms in total. The lowest BCUT2D eigenvalue weighted by molar-refractivity contribution is 0.0684. The van der Waals surface area contributed by atoms with Crippen LogP contribution in [0.2, 0.25) is 0 Å². The molecule has 0 aliphatic carbocycles. The molecule has 104 valence electrons. The third-order valence-electron chi connectivity index (χ3n) is 3.89. The highest BCUT2D eigenvalue weighted by Crippen LogP contribution is 2.31. The Labute approximate surface area is 117 Å². The second-order valence-corrected chi connectivity index (χ2v) is 5.09. The lowest BCUT2D eigenvalue weighted by atomic mass is 10.1. The highest BCUT2D eigenvalue weighted by molar-refractivity contribution is 5.94. The standard InChI is InChI=1S/C15H17N3O2/c1-2-10-6-5-9-18(10)14-11-7-3-4-8-12(11)16-13(17-14)15(19)20/h3-4,7-8,10H,2,5-6,9H2,1H3,(H,19,20). The van der Waals surface area contributed by atoms with Crippen molar-refractivity contribution in [2.45, 2.75) is 32.2 Å². The molecule has 0 amide bonds. The third-order valence-corrected chi connectivity index (χ3v) is 3.89. The van der Waals surface area contributed by atoms with Crippen molar-refractivity contribution in [1.29, 1.82) is 0 Å². The highest BCUT2D eigenvalue weighted by atomic mass is 16.4. The predicted molar refractivity (Wildman–Crippen MR) is 77.2 cm³/mol. The van der Waals surface area contributed by atoms with Crippen LogP contribution in [0.1, 0.15) is 36.8 Å². The van der Waals surface area contributed by atoms with Crippen molar-refractivity contribution in [3.8, 4) is 0 Å². The van der Waals surface area contributed by atoms with E-state index in [0.717, 1.165) is 37.0 Å². The Morgan fingerprint density at radius 1 is 1.40 bits per heavy atom. The van der Waals surface area contributed by atoms with Gasteiger partial charge in [-0.15, -0.1) is 0 Å². The number of hydrogen-bond acceptors (Lipinski definition) is 4. The monoisotopic (exact) mass is 271 g/mol. The molecule has 1 unspecified atom stereocenters. The molecule has 1 aromatic heterocycles. The SMILES string of the molecule is CCC1CCCN1c1nc(C(=O)O)nc2ccccc12. The van der Waals surface area contributed by atoms with Gasteiger partial charge in [0.2, 0.25) is 5.82 Å². The Hall–Kier alpha value is -2.17. The fraction of sp³-hybridized carbons (Fsp3) is 0.400. The van der Waals surface area contributed by atoms with Crippen molar-refractivity contribution in [3.05, 3.63) is 30.1 Å². The number of hydrogen-bond donors (Lipinski definition) is 1. The van der Waals surface area contributed by atoms with Gasteiger partial charge in [0.25, 0.3) is 0 Å². The van der Waals surface area contributed by atoms with Crippen LogP contribution in [0.4, 0.5) is 5.82 Å². The van der Waals surface area contributed by atoms with Gasteiger partial charge in [0.15, 0.2) is 0 Å². The van der Waals surface area contributed by atoms with Crippen LogP contribution in [0.3, 0.4) is 0 Å². The van der Waals surface area contributed by atoms with Crippen molar-refractivity contribution in [3.63, 3.8) is 0 Å². The maximum absolute atomic E-state index is 11.2. The minimum absolute atomic E-state index is 0.125. The first-order chi connectivity index (χ1) is 9.70. The van der Waals surface area contributed by atoms with Gasteiger partial charge in [-0.1, -0.05) is 19.1 Å². The van der Waals surface area contributed by atoms with E-state index in [4.69, 9.17) is 0 Å². The van der Waals surface area contributed by atoms with Crippen LogP contribution in [0, 0.1) is 0 Å². The van der Waals surface area contributed by atoms with Gasteiger partial charge in [-0.25, -0.2) is 14.8 Å². The van der Waals surface area contributed by atoms with E-state index in [2.05, 4.69) is 21.8 Å². The number of anilines is 1. The molecule has 1 N–H and O–H groups in total. The van der Waals surface area contributed by atoms with Crippen LogP contribution in [0.15, 0.2) is 24.3 Å². The zero-order chi connectivity index (χ0) is 14.1. The third kappa shape index (κ3) is 2.09. The summed E-state index contributed by atoms with van der Waals surface area (Å²) in [6.45, 7) is 3.09. The van der Waals surface area contributed by atoms with Crippen LogP contribution in [0.25, 0.3) is 10.9 Å². The van der Waals surface area contributed by atoms with Crippen LogP contribution in [-0.4, -0.2) is 33.6 Å². The number of fused-ring (bicyclic) bond motifs is 1. The molecule has 2 heterocycles. The number of carboxylic acids is 1. The zero-order valence-corrected chi connectivity index (χ0v) is 11.4. The summed E-state index contributed by atoms with van der Waals surface area (Å²) in [5.41, 5.74) is 0.691. The molecule has 1 fully saturated rings. The van der Waals surface area contributed by atoms with E-state index in [1.54, 1.807) is 0 Å². The van der Waals surface area contributed by atoms with Crippen molar-refractivity contribution in [2.75, 3.05) is 11.4 Å². The molecule has 0 saturated carbocycles. The fourth-order valence-corrected chi connectivity index (χ4v) is 2.91. The summed E-state index contributed by atoms with van der Waals surface area (Å²) in [7, 11) is 0. The molecule has 1 atom stereocenters. The van der Waals surface area contributed by atoms with Gasteiger partial charge in [0, 0.05) is 18.0 Å². The average Bonchev–Trinajstić information content (AvgIpc) is 2.94. The Balaban J connectivity index is 2.19. The summed E-state index contributed by atoms with van der Waals surface area (Å²) < 4.78 is 0. The molecule has 1 aromatic carbocycles. The van der Waals surface area contributed by atoms with Crippen molar-refractivity contribution < 1.29 is 9.90 Å². The van der Waals surface area contributed by atoms with Crippen LogP contribution >= 0.6 is 0 Å². The minimum Gasteiger partial charge on any atom is -0.475 e. The molecule has 20 heavy (non-hydrogen) atoms. The van der Waals surface area contributed by atoms with Gasteiger partial charge in [-0.2, -0.15) is 0 Å². The molecule has 1 aliphatic rings.